The predicted molar refractivity (Wildman–Crippen MR) is 69.1 cm³/mol. The van der Waals surface area contributed by atoms with E-state index < -0.39 is 6.10 Å². The number of fused-ring (bicyclic) bond motifs is 1. The van der Waals surface area contributed by atoms with E-state index in [1.807, 2.05) is 11.4 Å². The van der Waals surface area contributed by atoms with Crippen LogP contribution in [0.15, 0.2) is 40.7 Å². The first kappa shape index (κ1) is 10.9. The van der Waals surface area contributed by atoms with Crippen molar-refractivity contribution >= 4 is 32.8 Å². The zero-order valence-electron chi connectivity index (χ0n) is 8.62. The number of aromatic nitrogens is 3. The average Bonchev–Trinajstić information content (AvgIpc) is 2.94. The maximum Gasteiger partial charge on any atom is 0.118 e. The molecule has 1 unspecified atom stereocenters. The Morgan fingerprint density at radius 2 is 2.29 bits per heavy atom. The van der Waals surface area contributed by atoms with Gasteiger partial charge in [-0.2, -0.15) is 5.10 Å². The van der Waals surface area contributed by atoms with Crippen LogP contribution in [0.4, 0.5) is 0 Å². The highest BCUT2D eigenvalue weighted by atomic mass is 79.9. The van der Waals surface area contributed by atoms with Gasteiger partial charge in [0.25, 0.3) is 0 Å². The molecule has 0 fully saturated rings. The number of halogens is 1. The molecule has 3 aromatic rings. The molecule has 0 bridgehead atoms. The first-order valence-electron chi connectivity index (χ1n) is 4.95. The topological polar surface area (TPSA) is 50.4 Å². The van der Waals surface area contributed by atoms with Crippen molar-refractivity contribution in [3.05, 3.63) is 51.1 Å². The summed E-state index contributed by atoms with van der Waals surface area (Å²) in [4.78, 5) is 4.93. The number of thiophene rings is 1. The molecule has 86 valence electrons. The van der Waals surface area contributed by atoms with Gasteiger partial charge in [0.15, 0.2) is 0 Å². The van der Waals surface area contributed by atoms with Crippen molar-refractivity contribution in [2.45, 2.75) is 6.10 Å². The predicted octanol–water partition coefficient (Wildman–Crippen LogP) is 2.64. The molecule has 0 saturated heterocycles. The fourth-order valence-electron chi connectivity index (χ4n) is 1.71. The van der Waals surface area contributed by atoms with E-state index in [2.05, 4.69) is 26.0 Å². The van der Waals surface area contributed by atoms with Crippen molar-refractivity contribution in [2.75, 3.05) is 0 Å². The highest BCUT2D eigenvalue weighted by Crippen LogP contribution is 2.34. The molecule has 0 spiro atoms. The largest absolute Gasteiger partial charge is 0.383 e. The monoisotopic (exact) mass is 309 g/mol. The number of nitrogens with zero attached hydrogens (tertiary/aromatic N) is 3. The third-order valence-electron chi connectivity index (χ3n) is 2.54. The van der Waals surface area contributed by atoms with Gasteiger partial charge < -0.3 is 5.11 Å². The van der Waals surface area contributed by atoms with E-state index in [0.29, 0.717) is 0 Å². The Hall–Kier alpha value is -1.24. The second-order valence-corrected chi connectivity index (χ2v) is 5.34. The lowest BCUT2D eigenvalue weighted by Crippen LogP contribution is -1.97. The lowest BCUT2D eigenvalue weighted by molar-refractivity contribution is 0.225. The minimum Gasteiger partial charge on any atom is -0.383 e. The van der Waals surface area contributed by atoms with Gasteiger partial charge in [0, 0.05) is 22.4 Å². The fourth-order valence-corrected chi connectivity index (χ4v) is 3.30. The Labute approximate surface area is 110 Å². The van der Waals surface area contributed by atoms with Crippen LogP contribution < -0.4 is 0 Å². The quantitative estimate of drug-likeness (QED) is 0.791. The van der Waals surface area contributed by atoms with Gasteiger partial charge in [0.05, 0.1) is 22.8 Å². The van der Waals surface area contributed by atoms with Crippen LogP contribution in [0.5, 0.6) is 0 Å². The molecule has 3 rings (SSSR count). The van der Waals surface area contributed by atoms with Crippen LogP contribution in [0.25, 0.3) is 5.52 Å². The van der Waals surface area contributed by atoms with Crippen molar-refractivity contribution in [2.24, 2.45) is 0 Å². The molecule has 1 N–H and O–H groups in total. The van der Waals surface area contributed by atoms with Gasteiger partial charge in [-0.1, -0.05) is 0 Å². The van der Waals surface area contributed by atoms with E-state index >= 15 is 0 Å². The van der Waals surface area contributed by atoms with Gasteiger partial charge in [-0.05, 0) is 27.4 Å². The summed E-state index contributed by atoms with van der Waals surface area (Å²) in [5.41, 5.74) is 1.58. The molecule has 4 nitrogen and oxygen atoms in total. The molecule has 6 heteroatoms. The second kappa shape index (κ2) is 4.21. The van der Waals surface area contributed by atoms with E-state index in [1.165, 1.54) is 11.3 Å². The van der Waals surface area contributed by atoms with Crippen molar-refractivity contribution in [1.29, 1.82) is 0 Å². The maximum atomic E-state index is 10.3. The average molecular weight is 310 g/mol. The van der Waals surface area contributed by atoms with Gasteiger partial charge in [-0.25, -0.2) is 4.52 Å². The van der Waals surface area contributed by atoms with Crippen LogP contribution in [0, 0.1) is 0 Å². The Bertz CT molecular complexity index is 663. The Kier molecular flexibility index (Phi) is 2.70. The van der Waals surface area contributed by atoms with Crippen LogP contribution in [0.3, 0.4) is 0 Å². The summed E-state index contributed by atoms with van der Waals surface area (Å²) in [6.07, 6.45) is 6.12. The minimum absolute atomic E-state index is 0.675. The van der Waals surface area contributed by atoms with Gasteiger partial charge in [0.2, 0.25) is 0 Å². The standard InChI is InChI=1S/C11H8BrN3OS/c12-8-1-4-17-11(8)10(16)7-5-14-15-3-2-13-6-9(7)15/h1-6,10,16H. The molecule has 0 aromatic carbocycles. The van der Waals surface area contributed by atoms with Gasteiger partial charge in [-0.15, -0.1) is 11.3 Å². The van der Waals surface area contributed by atoms with Crippen LogP contribution >= 0.6 is 27.3 Å². The van der Waals surface area contributed by atoms with Crippen molar-refractivity contribution in [3.8, 4) is 0 Å². The minimum atomic E-state index is -0.675. The lowest BCUT2D eigenvalue weighted by atomic mass is 10.1. The summed E-state index contributed by atoms with van der Waals surface area (Å²) >= 11 is 4.93. The summed E-state index contributed by atoms with van der Waals surface area (Å²) in [6, 6.07) is 1.92. The molecular weight excluding hydrogens is 302 g/mol. The number of hydrogen-bond donors (Lipinski definition) is 1. The fraction of sp³-hybridized carbons (Fsp3) is 0.0909. The highest BCUT2D eigenvalue weighted by molar-refractivity contribution is 9.10. The zero-order chi connectivity index (χ0) is 11.8. The third-order valence-corrected chi connectivity index (χ3v) is 4.47. The van der Waals surface area contributed by atoms with E-state index in [4.69, 9.17) is 0 Å². The summed E-state index contributed by atoms with van der Waals surface area (Å²) in [5, 5.41) is 16.5. The van der Waals surface area contributed by atoms with Crippen molar-refractivity contribution in [1.82, 2.24) is 14.6 Å². The Morgan fingerprint density at radius 1 is 1.41 bits per heavy atom. The Balaban J connectivity index is 2.13. The molecule has 0 aliphatic heterocycles. The molecular formula is C11H8BrN3OS. The van der Waals surface area contributed by atoms with Gasteiger partial charge in [-0.3, -0.25) is 4.98 Å². The number of aliphatic hydroxyl groups is 1. The smallest absolute Gasteiger partial charge is 0.118 e. The second-order valence-electron chi connectivity index (χ2n) is 3.54. The number of aliphatic hydroxyl groups excluding tert-OH is 1. The molecule has 0 aliphatic rings. The Morgan fingerprint density at radius 3 is 3.06 bits per heavy atom. The first-order valence-corrected chi connectivity index (χ1v) is 6.63. The first-order chi connectivity index (χ1) is 8.27. The molecule has 3 heterocycles. The van der Waals surface area contributed by atoms with Crippen molar-refractivity contribution < 1.29 is 5.11 Å². The number of hydrogen-bond acceptors (Lipinski definition) is 4. The van der Waals surface area contributed by atoms with Crippen LogP contribution in [-0.2, 0) is 0 Å². The third kappa shape index (κ3) is 1.78. The van der Waals surface area contributed by atoms with Gasteiger partial charge in [0.1, 0.15) is 6.10 Å². The van der Waals surface area contributed by atoms with Crippen LogP contribution in [0.2, 0.25) is 0 Å². The molecule has 0 saturated carbocycles. The summed E-state index contributed by atoms with van der Waals surface area (Å²) in [5.74, 6) is 0. The van der Waals surface area contributed by atoms with E-state index in [0.717, 1.165) is 20.4 Å². The summed E-state index contributed by atoms with van der Waals surface area (Å²) < 4.78 is 2.62. The molecule has 3 aromatic heterocycles. The normalized spacial score (nSPS) is 13.1. The van der Waals surface area contributed by atoms with E-state index in [1.54, 1.807) is 29.3 Å². The van der Waals surface area contributed by atoms with E-state index in [-0.39, 0.29) is 0 Å². The summed E-state index contributed by atoms with van der Waals surface area (Å²) in [6.45, 7) is 0. The zero-order valence-corrected chi connectivity index (χ0v) is 11.0. The summed E-state index contributed by atoms with van der Waals surface area (Å²) in [7, 11) is 0. The molecule has 0 amide bonds. The van der Waals surface area contributed by atoms with Crippen molar-refractivity contribution in [3.63, 3.8) is 0 Å². The number of rotatable bonds is 2. The van der Waals surface area contributed by atoms with E-state index in [9.17, 15) is 5.11 Å². The molecule has 1 atom stereocenters. The van der Waals surface area contributed by atoms with Crippen LogP contribution in [-0.4, -0.2) is 19.7 Å². The lowest BCUT2D eigenvalue weighted by Gasteiger charge is -2.07. The molecule has 17 heavy (non-hydrogen) atoms. The molecule has 0 aliphatic carbocycles. The maximum absolute atomic E-state index is 10.3. The SMILES string of the molecule is OC(c1sccc1Br)c1cnn2ccncc12. The van der Waals surface area contributed by atoms with Crippen LogP contribution in [0.1, 0.15) is 16.5 Å². The highest BCUT2D eigenvalue weighted by Gasteiger charge is 2.19. The molecule has 0 radical (unpaired) electrons. The van der Waals surface area contributed by atoms with Gasteiger partial charge >= 0.3 is 0 Å².